The van der Waals surface area contributed by atoms with Crippen LogP contribution in [0.15, 0.2) is 36.7 Å². The van der Waals surface area contributed by atoms with Gasteiger partial charge in [0.25, 0.3) is 0 Å². The SMILES string of the molecule is O=C(O)c1ccncc1-c1ccc(F)cc1Cl. The molecule has 0 fully saturated rings. The molecule has 0 atom stereocenters. The van der Waals surface area contributed by atoms with Gasteiger partial charge in [0, 0.05) is 23.5 Å². The van der Waals surface area contributed by atoms with E-state index in [0.717, 1.165) is 6.07 Å². The van der Waals surface area contributed by atoms with Crippen molar-refractivity contribution >= 4 is 17.6 Å². The van der Waals surface area contributed by atoms with E-state index in [4.69, 9.17) is 16.7 Å². The predicted octanol–water partition coefficient (Wildman–Crippen LogP) is 3.24. The third kappa shape index (κ3) is 2.26. The third-order valence-corrected chi connectivity index (χ3v) is 2.59. The molecule has 1 aromatic heterocycles. The molecule has 17 heavy (non-hydrogen) atoms. The minimum Gasteiger partial charge on any atom is -0.478 e. The number of carboxylic acid groups (broad SMARTS) is 1. The summed E-state index contributed by atoms with van der Waals surface area (Å²) in [6, 6.07) is 5.16. The van der Waals surface area contributed by atoms with Gasteiger partial charge >= 0.3 is 5.97 Å². The second-order valence-electron chi connectivity index (χ2n) is 3.35. The fourth-order valence-electron chi connectivity index (χ4n) is 1.50. The van der Waals surface area contributed by atoms with Gasteiger partial charge in [-0.2, -0.15) is 0 Å². The average molecular weight is 252 g/mol. The Hall–Kier alpha value is -1.94. The minimum atomic E-state index is -1.08. The van der Waals surface area contributed by atoms with E-state index in [-0.39, 0.29) is 10.6 Å². The average Bonchev–Trinajstić information content (AvgIpc) is 2.29. The zero-order valence-electron chi connectivity index (χ0n) is 8.52. The van der Waals surface area contributed by atoms with Gasteiger partial charge in [-0.3, -0.25) is 4.98 Å². The standard InChI is InChI=1S/C12H7ClFNO2/c13-11-5-7(14)1-2-8(11)10-6-15-4-3-9(10)12(16)17/h1-6H,(H,16,17). The molecule has 5 heteroatoms. The third-order valence-electron chi connectivity index (χ3n) is 2.27. The largest absolute Gasteiger partial charge is 0.478 e. The summed E-state index contributed by atoms with van der Waals surface area (Å²) < 4.78 is 12.9. The van der Waals surface area contributed by atoms with Gasteiger partial charge in [-0.1, -0.05) is 11.6 Å². The van der Waals surface area contributed by atoms with Crippen molar-refractivity contribution in [2.24, 2.45) is 0 Å². The molecule has 2 aromatic rings. The van der Waals surface area contributed by atoms with E-state index in [2.05, 4.69) is 4.98 Å². The lowest BCUT2D eigenvalue weighted by Crippen LogP contribution is -2.00. The molecular weight excluding hydrogens is 245 g/mol. The maximum atomic E-state index is 12.9. The number of aromatic nitrogens is 1. The second-order valence-corrected chi connectivity index (χ2v) is 3.76. The maximum Gasteiger partial charge on any atom is 0.336 e. The summed E-state index contributed by atoms with van der Waals surface area (Å²) in [5, 5.41) is 9.18. The molecule has 1 aromatic carbocycles. The van der Waals surface area contributed by atoms with E-state index in [9.17, 15) is 9.18 Å². The predicted molar refractivity (Wildman–Crippen MR) is 61.6 cm³/mol. The van der Waals surface area contributed by atoms with Crippen LogP contribution in [0.1, 0.15) is 10.4 Å². The molecule has 0 aliphatic carbocycles. The highest BCUT2D eigenvalue weighted by molar-refractivity contribution is 6.33. The van der Waals surface area contributed by atoms with Gasteiger partial charge in [-0.15, -0.1) is 0 Å². The van der Waals surface area contributed by atoms with Gasteiger partial charge in [-0.05, 0) is 24.3 Å². The highest BCUT2D eigenvalue weighted by Gasteiger charge is 2.14. The Morgan fingerprint density at radius 2 is 2.06 bits per heavy atom. The molecule has 2 rings (SSSR count). The van der Waals surface area contributed by atoms with E-state index >= 15 is 0 Å². The van der Waals surface area contributed by atoms with Crippen LogP contribution in [-0.2, 0) is 0 Å². The zero-order valence-corrected chi connectivity index (χ0v) is 9.28. The number of halogens is 2. The molecule has 0 aliphatic heterocycles. The Balaban J connectivity index is 2.64. The number of carboxylic acids is 1. The summed E-state index contributed by atoms with van der Waals surface area (Å²) >= 11 is 5.88. The van der Waals surface area contributed by atoms with Gasteiger partial charge in [0.05, 0.1) is 10.6 Å². The molecule has 0 saturated carbocycles. The molecule has 0 spiro atoms. The van der Waals surface area contributed by atoms with Crippen LogP contribution in [0.4, 0.5) is 4.39 Å². The number of rotatable bonds is 2. The van der Waals surface area contributed by atoms with Crippen LogP contribution in [-0.4, -0.2) is 16.1 Å². The van der Waals surface area contributed by atoms with Gasteiger partial charge in [0.1, 0.15) is 5.82 Å². The minimum absolute atomic E-state index is 0.0773. The van der Waals surface area contributed by atoms with Crippen LogP contribution in [0, 0.1) is 5.82 Å². The number of pyridine rings is 1. The summed E-state index contributed by atoms with van der Waals surface area (Å²) in [5.74, 6) is -1.55. The second kappa shape index (κ2) is 4.51. The van der Waals surface area contributed by atoms with E-state index in [1.165, 1.54) is 30.6 Å². The molecule has 86 valence electrons. The van der Waals surface area contributed by atoms with Crippen molar-refractivity contribution < 1.29 is 14.3 Å². The van der Waals surface area contributed by atoms with Crippen LogP contribution in [0.3, 0.4) is 0 Å². The molecule has 0 saturated heterocycles. The van der Waals surface area contributed by atoms with E-state index in [1.54, 1.807) is 0 Å². The Kier molecular flexibility index (Phi) is 3.06. The number of hydrogen-bond acceptors (Lipinski definition) is 2. The monoisotopic (exact) mass is 251 g/mol. The fourth-order valence-corrected chi connectivity index (χ4v) is 1.77. The Labute approximate surface area is 101 Å². The normalized spacial score (nSPS) is 10.2. The van der Waals surface area contributed by atoms with E-state index < -0.39 is 11.8 Å². The lowest BCUT2D eigenvalue weighted by Gasteiger charge is -2.07. The zero-order chi connectivity index (χ0) is 12.4. The van der Waals surface area contributed by atoms with Crippen LogP contribution in [0.5, 0.6) is 0 Å². The molecule has 0 radical (unpaired) electrons. The van der Waals surface area contributed by atoms with Crippen molar-refractivity contribution in [3.8, 4) is 11.1 Å². The van der Waals surface area contributed by atoms with E-state index in [0.29, 0.717) is 11.1 Å². The summed E-state index contributed by atoms with van der Waals surface area (Å²) in [7, 11) is 0. The van der Waals surface area contributed by atoms with Crippen LogP contribution < -0.4 is 0 Å². The Bertz CT molecular complexity index is 586. The van der Waals surface area contributed by atoms with Crippen molar-refractivity contribution in [2.45, 2.75) is 0 Å². The molecule has 0 amide bonds. The van der Waals surface area contributed by atoms with Crippen LogP contribution in [0.25, 0.3) is 11.1 Å². The fraction of sp³-hybridized carbons (Fsp3) is 0. The van der Waals surface area contributed by atoms with Crippen molar-refractivity contribution in [2.75, 3.05) is 0 Å². The smallest absolute Gasteiger partial charge is 0.336 e. The van der Waals surface area contributed by atoms with Gasteiger partial charge < -0.3 is 5.11 Å². The number of carbonyl (C=O) groups is 1. The molecular formula is C12H7ClFNO2. The van der Waals surface area contributed by atoms with Crippen LogP contribution in [0.2, 0.25) is 5.02 Å². The highest BCUT2D eigenvalue weighted by Crippen LogP contribution is 2.30. The molecule has 0 aliphatic rings. The van der Waals surface area contributed by atoms with Gasteiger partial charge in [0.2, 0.25) is 0 Å². The lowest BCUT2D eigenvalue weighted by molar-refractivity contribution is 0.0697. The van der Waals surface area contributed by atoms with Crippen molar-refractivity contribution in [3.63, 3.8) is 0 Å². The number of benzene rings is 1. The Morgan fingerprint density at radius 3 is 2.71 bits per heavy atom. The first-order valence-corrected chi connectivity index (χ1v) is 5.10. The quantitative estimate of drug-likeness (QED) is 0.891. The Morgan fingerprint density at radius 1 is 1.29 bits per heavy atom. The maximum absolute atomic E-state index is 12.9. The van der Waals surface area contributed by atoms with Crippen LogP contribution >= 0.6 is 11.6 Å². The van der Waals surface area contributed by atoms with Gasteiger partial charge in [-0.25, -0.2) is 9.18 Å². The van der Waals surface area contributed by atoms with Crippen molar-refractivity contribution in [3.05, 3.63) is 53.1 Å². The molecule has 0 unspecified atom stereocenters. The summed E-state index contributed by atoms with van der Waals surface area (Å²) in [5.41, 5.74) is 0.886. The first-order valence-electron chi connectivity index (χ1n) is 4.72. The van der Waals surface area contributed by atoms with Crippen molar-refractivity contribution in [1.29, 1.82) is 0 Å². The number of nitrogens with zero attached hydrogens (tertiary/aromatic N) is 1. The summed E-state index contributed by atoms with van der Waals surface area (Å²) in [6.07, 6.45) is 2.77. The van der Waals surface area contributed by atoms with Gasteiger partial charge in [0.15, 0.2) is 0 Å². The number of aromatic carboxylic acids is 1. The first-order chi connectivity index (χ1) is 8.09. The van der Waals surface area contributed by atoms with E-state index in [1.807, 2.05) is 0 Å². The molecule has 1 N–H and O–H groups in total. The summed E-state index contributed by atoms with van der Waals surface area (Å²) in [4.78, 5) is 14.9. The van der Waals surface area contributed by atoms with Crippen molar-refractivity contribution in [1.82, 2.24) is 4.98 Å². The lowest BCUT2D eigenvalue weighted by atomic mass is 10.0. The number of hydrogen-bond donors (Lipinski definition) is 1. The molecule has 3 nitrogen and oxygen atoms in total. The summed E-state index contributed by atoms with van der Waals surface area (Å²) in [6.45, 7) is 0. The molecule has 1 heterocycles. The highest BCUT2D eigenvalue weighted by atomic mass is 35.5. The first kappa shape index (κ1) is 11.5. The topological polar surface area (TPSA) is 50.2 Å². The molecule has 0 bridgehead atoms.